The summed E-state index contributed by atoms with van der Waals surface area (Å²) >= 11 is 1.44. The lowest BCUT2D eigenvalue weighted by Crippen LogP contribution is -2.34. The van der Waals surface area contributed by atoms with Crippen molar-refractivity contribution in [1.29, 1.82) is 0 Å². The molecule has 2 aromatic heterocycles. The number of likely N-dealkylation sites (tertiary alicyclic amines) is 1. The summed E-state index contributed by atoms with van der Waals surface area (Å²) in [6.45, 7) is 3.32. The summed E-state index contributed by atoms with van der Waals surface area (Å²) in [5.74, 6) is 0.0738. The lowest BCUT2D eigenvalue weighted by molar-refractivity contribution is 0.0758. The number of amides is 1. The standard InChI is InChI=1S/C21H22FN3OS/c1-15-19(27-21(23-15)24-11-4-5-12-24)20(26)25-13-3-2-6-17(14-25)16-7-9-18(22)10-8-16/h4-5,7-12,17H,2-3,6,13-14H2,1H3. The zero-order chi connectivity index (χ0) is 18.8. The van der Waals surface area contributed by atoms with Crippen LogP contribution in [-0.2, 0) is 0 Å². The molecule has 1 atom stereocenters. The SMILES string of the molecule is Cc1nc(-n2cccc2)sc1C(=O)N1CCCCC(c2ccc(F)cc2)C1. The number of rotatable bonds is 3. The number of carbonyl (C=O) groups is 1. The molecule has 1 fully saturated rings. The Balaban J connectivity index is 1.56. The van der Waals surface area contributed by atoms with Crippen molar-refractivity contribution in [2.45, 2.75) is 32.1 Å². The van der Waals surface area contributed by atoms with E-state index < -0.39 is 0 Å². The van der Waals surface area contributed by atoms with Crippen LogP contribution in [0.1, 0.15) is 46.1 Å². The average Bonchev–Trinajstić information content (AvgIpc) is 3.26. The molecule has 0 spiro atoms. The van der Waals surface area contributed by atoms with Crippen LogP contribution in [0, 0.1) is 12.7 Å². The Morgan fingerprint density at radius 1 is 1.19 bits per heavy atom. The van der Waals surface area contributed by atoms with Crippen LogP contribution in [0.5, 0.6) is 0 Å². The third kappa shape index (κ3) is 3.81. The maximum absolute atomic E-state index is 13.3. The van der Waals surface area contributed by atoms with Gasteiger partial charge in [0.15, 0.2) is 5.13 Å². The largest absolute Gasteiger partial charge is 0.337 e. The number of thiazole rings is 1. The van der Waals surface area contributed by atoms with E-state index in [1.807, 2.05) is 53.0 Å². The highest BCUT2D eigenvalue weighted by Gasteiger charge is 2.27. The lowest BCUT2D eigenvalue weighted by atomic mass is 9.94. The highest BCUT2D eigenvalue weighted by molar-refractivity contribution is 7.16. The molecule has 1 aliphatic rings. The molecular formula is C21H22FN3OS. The van der Waals surface area contributed by atoms with Crippen LogP contribution in [0.2, 0.25) is 0 Å². The Kier molecular flexibility index (Phi) is 5.07. The van der Waals surface area contributed by atoms with E-state index in [2.05, 4.69) is 4.98 Å². The van der Waals surface area contributed by atoms with Crippen molar-refractivity contribution in [3.8, 4) is 5.13 Å². The zero-order valence-electron chi connectivity index (χ0n) is 15.3. The van der Waals surface area contributed by atoms with E-state index in [0.717, 1.165) is 42.2 Å². The Labute approximate surface area is 162 Å². The summed E-state index contributed by atoms with van der Waals surface area (Å²) in [6.07, 6.45) is 6.95. The first-order valence-electron chi connectivity index (χ1n) is 9.27. The predicted octanol–water partition coefficient (Wildman–Crippen LogP) is 4.79. The fourth-order valence-electron chi connectivity index (χ4n) is 3.63. The molecule has 140 valence electrons. The summed E-state index contributed by atoms with van der Waals surface area (Å²) in [7, 11) is 0. The van der Waals surface area contributed by atoms with Gasteiger partial charge in [0.25, 0.3) is 5.91 Å². The van der Waals surface area contributed by atoms with Crippen LogP contribution in [-0.4, -0.2) is 33.4 Å². The average molecular weight is 383 g/mol. The van der Waals surface area contributed by atoms with Crippen molar-refractivity contribution < 1.29 is 9.18 Å². The van der Waals surface area contributed by atoms with Gasteiger partial charge in [0.1, 0.15) is 10.7 Å². The molecule has 0 saturated carbocycles. The molecule has 0 aliphatic carbocycles. The molecule has 1 amide bonds. The summed E-state index contributed by atoms with van der Waals surface area (Å²) < 4.78 is 15.2. The van der Waals surface area contributed by atoms with Gasteiger partial charge in [-0.05, 0) is 49.6 Å². The van der Waals surface area contributed by atoms with E-state index in [1.165, 1.54) is 23.5 Å². The lowest BCUT2D eigenvalue weighted by Gasteiger charge is -2.24. The minimum absolute atomic E-state index is 0.0532. The van der Waals surface area contributed by atoms with Gasteiger partial charge in [0.05, 0.1) is 5.69 Å². The molecule has 4 rings (SSSR count). The molecule has 0 bridgehead atoms. The van der Waals surface area contributed by atoms with Crippen LogP contribution in [0.3, 0.4) is 0 Å². The Morgan fingerprint density at radius 3 is 2.67 bits per heavy atom. The zero-order valence-corrected chi connectivity index (χ0v) is 16.1. The molecule has 0 N–H and O–H groups in total. The van der Waals surface area contributed by atoms with Crippen molar-refractivity contribution >= 4 is 17.2 Å². The number of aromatic nitrogens is 2. The Morgan fingerprint density at radius 2 is 1.93 bits per heavy atom. The smallest absolute Gasteiger partial charge is 0.265 e. The van der Waals surface area contributed by atoms with E-state index in [0.29, 0.717) is 11.4 Å². The second-order valence-electron chi connectivity index (χ2n) is 7.00. The molecule has 3 aromatic rings. The van der Waals surface area contributed by atoms with Gasteiger partial charge in [-0.25, -0.2) is 9.37 Å². The molecule has 1 aromatic carbocycles. The molecule has 4 nitrogen and oxygen atoms in total. The third-order valence-corrected chi connectivity index (χ3v) is 6.26. The van der Waals surface area contributed by atoms with Crippen LogP contribution >= 0.6 is 11.3 Å². The number of hydrogen-bond acceptors (Lipinski definition) is 3. The maximum atomic E-state index is 13.3. The van der Waals surface area contributed by atoms with E-state index >= 15 is 0 Å². The molecule has 1 aliphatic heterocycles. The van der Waals surface area contributed by atoms with Crippen molar-refractivity contribution in [2.24, 2.45) is 0 Å². The van der Waals surface area contributed by atoms with Crippen molar-refractivity contribution in [2.75, 3.05) is 13.1 Å². The van der Waals surface area contributed by atoms with E-state index in [1.54, 1.807) is 0 Å². The number of halogens is 1. The summed E-state index contributed by atoms with van der Waals surface area (Å²) in [5, 5.41) is 0.811. The normalized spacial score (nSPS) is 17.7. The van der Waals surface area contributed by atoms with Gasteiger partial charge in [0, 0.05) is 31.4 Å². The molecule has 3 heterocycles. The van der Waals surface area contributed by atoms with E-state index in [9.17, 15) is 9.18 Å². The van der Waals surface area contributed by atoms with Gasteiger partial charge in [-0.1, -0.05) is 29.9 Å². The number of carbonyl (C=O) groups excluding carboxylic acids is 1. The van der Waals surface area contributed by atoms with Crippen LogP contribution in [0.15, 0.2) is 48.8 Å². The van der Waals surface area contributed by atoms with Crippen LogP contribution in [0.25, 0.3) is 5.13 Å². The predicted molar refractivity (Wildman–Crippen MR) is 105 cm³/mol. The van der Waals surface area contributed by atoms with Gasteiger partial charge in [-0.15, -0.1) is 0 Å². The number of hydrogen-bond donors (Lipinski definition) is 0. The molecule has 27 heavy (non-hydrogen) atoms. The molecular weight excluding hydrogens is 361 g/mol. The van der Waals surface area contributed by atoms with Gasteiger partial charge in [0.2, 0.25) is 0 Å². The third-order valence-electron chi connectivity index (χ3n) is 5.10. The first-order valence-corrected chi connectivity index (χ1v) is 10.1. The van der Waals surface area contributed by atoms with Gasteiger partial charge < -0.3 is 9.47 Å². The maximum Gasteiger partial charge on any atom is 0.265 e. The summed E-state index contributed by atoms with van der Waals surface area (Å²) in [4.78, 5) is 20.4. The summed E-state index contributed by atoms with van der Waals surface area (Å²) in [5.41, 5.74) is 1.88. The second kappa shape index (κ2) is 7.64. The first kappa shape index (κ1) is 17.9. The second-order valence-corrected chi connectivity index (χ2v) is 7.97. The van der Waals surface area contributed by atoms with Gasteiger partial charge in [-0.2, -0.15) is 0 Å². The Hall–Kier alpha value is -2.47. The summed E-state index contributed by atoms with van der Waals surface area (Å²) in [6, 6.07) is 10.6. The monoisotopic (exact) mass is 383 g/mol. The fraction of sp³-hybridized carbons (Fsp3) is 0.333. The molecule has 1 unspecified atom stereocenters. The molecule has 0 radical (unpaired) electrons. The quantitative estimate of drug-likeness (QED) is 0.652. The minimum atomic E-state index is -0.224. The topological polar surface area (TPSA) is 38.1 Å². The Bertz CT molecular complexity index is 918. The number of aryl methyl sites for hydroxylation is 1. The first-order chi connectivity index (χ1) is 13.1. The minimum Gasteiger partial charge on any atom is -0.337 e. The fourth-order valence-corrected chi connectivity index (χ4v) is 4.63. The van der Waals surface area contributed by atoms with Crippen LogP contribution < -0.4 is 0 Å². The van der Waals surface area contributed by atoms with E-state index in [4.69, 9.17) is 0 Å². The number of nitrogens with zero attached hydrogens (tertiary/aromatic N) is 3. The highest BCUT2D eigenvalue weighted by atomic mass is 32.1. The van der Waals surface area contributed by atoms with E-state index in [-0.39, 0.29) is 17.6 Å². The van der Waals surface area contributed by atoms with Crippen LogP contribution in [0.4, 0.5) is 4.39 Å². The molecule has 1 saturated heterocycles. The van der Waals surface area contributed by atoms with Gasteiger partial charge in [-0.3, -0.25) is 4.79 Å². The van der Waals surface area contributed by atoms with Crippen molar-refractivity contribution in [3.63, 3.8) is 0 Å². The highest BCUT2D eigenvalue weighted by Crippen LogP contribution is 2.29. The van der Waals surface area contributed by atoms with Crippen molar-refractivity contribution in [3.05, 3.63) is 70.7 Å². The van der Waals surface area contributed by atoms with Crippen molar-refractivity contribution in [1.82, 2.24) is 14.5 Å². The molecule has 6 heteroatoms. The van der Waals surface area contributed by atoms with Gasteiger partial charge >= 0.3 is 0 Å². The number of benzene rings is 1.